The topological polar surface area (TPSA) is 0 Å². The van der Waals surface area contributed by atoms with Crippen LogP contribution in [-0.2, 0) is 0 Å². The van der Waals surface area contributed by atoms with Gasteiger partial charge in [-0.05, 0) is 42.9 Å². The average Bonchev–Trinajstić information content (AvgIpc) is 2.66. The second-order valence-electron chi connectivity index (χ2n) is 4.80. The van der Waals surface area contributed by atoms with Crippen LogP contribution >= 0.6 is 0 Å². The molecule has 0 unspecified atom stereocenters. The molecule has 0 amide bonds. The molecule has 0 N–H and O–H groups in total. The highest BCUT2D eigenvalue weighted by Gasteiger charge is 2.48. The van der Waals surface area contributed by atoms with Crippen LogP contribution < -0.4 is 0 Å². The summed E-state index contributed by atoms with van der Waals surface area (Å²) in [6.45, 7) is 4.72. The normalized spacial score (nSPS) is 54.5. The second kappa shape index (κ2) is 2.04. The smallest absolute Gasteiger partial charge is 0.0128 e. The largest absolute Gasteiger partial charge is 0.0848 e. The standard InChI is InChI=1S/C12H16/c1-7-5-11-9-3-4-10(6-9)12(11)8(7)2/h3-5,8-12H,6H2,1-2H3/t8-,9+,10+,11-,12+/m1/s1. The molecular formula is C12H16. The Morgan fingerprint density at radius 2 is 2.00 bits per heavy atom. The Morgan fingerprint density at radius 1 is 1.25 bits per heavy atom. The summed E-state index contributed by atoms with van der Waals surface area (Å²) in [5.41, 5.74) is 1.64. The molecule has 0 heterocycles. The Morgan fingerprint density at radius 3 is 2.75 bits per heavy atom. The highest BCUT2D eigenvalue weighted by atomic mass is 14.5. The van der Waals surface area contributed by atoms with Gasteiger partial charge in [0.25, 0.3) is 0 Å². The summed E-state index contributed by atoms with van der Waals surface area (Å²) in [5, 5.41) is 0. The molecule has 0 radical (unpaired) electrons. The van der Waals surface area contributed by atoms with Gasteiger partial charge < -0.3 is 0 Å². The fourth-order valence-corrected chi connectivity index (χ4v) is 3.60. The molecule has 3 aliphatic rings. The SMILES string of the molecule is CC1=C[C@H]2[C@@H]([C@@H]1C)[C@H]1C=C[C@H]2C1. The lowest BCUT2D eigenvalue weighted by atomic mass is 9.80. The van der Waals surface area contributed by atoms with E-state index in [0.29, 0.717) is 0 Å². The first-order valence-corrected chi connectivity index (χ1v) is 5.14. The highest BCUT2D eigenvalue weighted by Crippen LogP contribution is 2.56. The zero-order valence-electron chi connectivity index (χ0n) is 7.83. The molecule has 1 saturated carbocycles. The van der Waals surface area contributed by atoms with Gasteiger partial charge in [0.15, 0.2) is 0 Å². The van der Waals surface area contributed by atoms with Crippen molar-refractivity contribution in [1.29, 1.82) is 0 Å². The van der Waals surface area contributed by atoms with Crippen LogP contribution in [-0.4, -0.2) is 0 Å². The van der Waals surface area contributed by atoms with E-state index >= 15 is 0 Å². The van der Waals surface area contributed by atoms with Crippen LogP contribution in [0.3, 0.4) is 0 Å². The molecule has 12 heavy (non-hydrogen) atoms. The summed E-state index contributed by atoms with van der Waals surface area (Å²) >= 11 is 0. The molecule has 64 valence electrons. The predicted molar refractivity (Wildman–Crippen MR) is 50.6 cm³/mol. The van der Waals surface area contributed by atoms with E-state index in [2.05, 4.69) is 32.1 Å². The molecule has 0 saturated heterocycles. The molecular weight excluding hydrogens is 144 g/mol. The zero-order valence-corrected chi connectivity index (χ0v) is 7.83. The molecule has 0 aromatic rings. The van der Waals surface area contributed by atoms with Gasteiger partial charge in [0, 0.05) is 0 Å². The first-order chi connectivity index (χ1) is 5.77. The summed E-state index contributed by atoms with van der Waals surface area (Å²) in [6, 6.07) is 0. The van der Waals surface area contributed by atoms with Crippen LogP contribution in [0.15, 0.2) is 23.8 Å². The van der Waals surface area contributed by atoms with Gasteiger partial charge in [0.05, 0.1) is 0 Å². The van der Waals surface area contributed by atoms with Gasteiger partial charge in [-0.1, -0.05) is 30.7 Å². The van der Waals surface area contributed by atoms with Crippen molar-refractivity contribution >= 4 is 0 Å². The van der Waals surface area contributed by atoms with Crippen molar-refractivity contribution in [2.45, 2.75) is 20.3 Å². The minimum absolute atomic E-state index is 0.856. The molecule has 0 aromatic heterocycles. The van der Waals surface area contributed by atoms with E-state index in [4.69, 9.17) is 0 Å². The second-order valence-corrected chi connectivity index (χ2v) is 4.80. The average molecular weight is 160 g/mol. The van der Waals surface area contributed by atoms with Gasteiger partial charge in [0.1, 0.15) is 0 Å². The van der Waals surface area contributed by atoms with Crippen LogP contribution in [0.2, 0.25) is 0 Å². The quantitative estimate of drug-likeness (QED) is 0.478. The monoisotopic (exact) mass is 160 g/mol. The van der Waals surface area contributed by atoms with Crippen molar-refractivity contribution in [3.8, 4) is 0 Å². The van der Waals surface area contributed by atoms with E-state index in [-0.39, 0.29) is 0 Å². The maximum atomic E-state index is 2.55. The number of hydrogen-bond donors (Lipinski definition) is 0. The number of rotatable bonds is 0. The third kappa shape index (κ3) is 0.646. The van der Waals surface area contributed by atoms with E-state index in [1.54, 1.807) is 5.57 Å². The molecule has 5 atom stereocenters. The van der Waals surface area contributed by atoms with Crippen molar-refractivity contribution in [2.24, 2.45) is 29.6 Å². The predicted octanol–water partition coefficient (Wildman–Crippen LogP) is 3.02. The van der Waals surface area contributed by atoms with Gasteiger partial charge in [-0.3, -0.25) is 0 Å². The van der Waals surface area contributed by atoms with E-state index in [0.717, 1.165) is 29.6 Å². The number of allylic oxidation sites excluding steroid dienone is 4. The Balaban J connectivity index is 2.01. The Kier molecular flexibility index (Phi) is 1.18. The van der Waals surface area contributed by atoms with Crippen molar-refractivity contribution in [3.05, 3.63) is 23.8 Å². The van der Waals surface area contributed by atoms with E-state index in [1.165, 1.54) is 6.42 Å². The lowest BCUT2D eigenvalue weighted by Gasteiger charge is -2.24. The maximum Gasteiger partial charge on any atom is -0.0128 e. The molecule has 3 aliphatic carbocycles. The van der Waals surface area contributed by atoms with E-state index < -0.39 is 0 Å². The van der Waals surface area contributed by atoms with Crippen molar-refractivity contribution in [2.75, 3.05) is 0 Å². The Labute approximate surface area is 74.4 Å². The third-order valence-corrected chi connectivity index (χ3v) is 4.33. The molecule has 0 spiro atoms. The van der Waals surface area contributed by atoms with E-state index in [1.807, 2.05) is 0 Å². The molecule has 1 fully saturated rings. The third-order valence-electron chi connectivity index (χ3n) is 4.33. The van der Waals surface area contributed by atoms with Crippen molar-refractivity contribution < 1.29 is 0 Å². The van der Waals surface area contributed by atoms with Crippen LogP contribution in [0.4, 0.5) is 0 Å². The van der Waals surface area contributed by atoms with Crippen LogP contribution in [0, 0.1) is 29.6 Å². The summed E-state index contributed by atoms with van der Waals surface area (Å²) in [5.74, 6) is 4.56. The van der Waals surface area contributed by atoms with Gasteiger partial charge in [0.2, 0.25) is 0 Å². The first-order valence-electron chi connectivity index (χ1n) is 5.14. The molecule has 2 bridgehead atoms. The lowest BCUT2D eigenvalue weighted by molar-refractivity contribution is 0.320. The molecule has 0 heteroatoms. The minimum atomic E-state index is 0.856. The van der Waals surface area contributed by atoms with Gasteiger partial charge in [-0.2, -0.15) is 0 Å². The van der Waals surface area contributed by atoms with Crippen molar-refractivity contribution in [3.63, 3.8) is 0 Å². The highest BCUT2D eigenvalue weighted by molar-refractivity contribution is 5.27. The maximum absolute atomic E-state index is 2.55. The zero-order chi connectivity index (χ0) is 8.29. The lowest BCUT2D eigenvalue weighted by Crippen LogP contribution is -2.19. The van der Waals surface area contributed by atoms with Crippen LogP contribution in [0.1, 0.15) is 20.3 Å². The van der Waals surface area contributed by atoms with Gasteiger partial charge in [-0.15, -0.1) is 0 Å². The van der Waals surface area contributed by atoms with Gasteiger partial charge >= 0.3 is 0 Å². The first kappa shape index (κ1) is 6.94. The summed E-state index contributed by atoms with van der Waals surface area (Å²) in [7, 11) is 0. The number of hydrogen-bond acceptors (Lipinski definition) is 0. The molecule has 0 aliphatic heterocycles. The van der Waals surface area contributed by atoms with Gasteiger partial charge in [-0.25, -0.2) is 0 Å². The minimum Gasteiger partial charge on any atom is -0.0848 e. The fraction of sp³-hybridized carbons (Fsp3) is 0.667. The molecule has 0 nitrogen and oxygen atoms in total. The molecule has 3 rings (SSSR count). The summed E-state index contributed by atoms with van der Waals surface area (Å²) < 4.78 is 0. The summed E-state index contributed by atoms with van der Waals surface area (Å²) in [4.78, 5) is 0. The Hall–Kier alpha value is -0.520. The van der Waals surface area contributed by atoms with Crippen LogP contribution in [0.25, 0.3) is 0 Å². The number of fused-ring (bicyclic) bond motifs is 5. The summed E-state index contributed by atoms with van der Waals surface area (Å²) in [6.07, 6.45) is 8.91. The van der Waals surface area contributed by atoms with E-state index in [9.17, 15) is 0 Å². The van der Waals surface area contributed by atoms with Crippen molar-refractivity contribution in [1.82, 2.24) is 0 Å². The van der Waals surface area contributed by atoms with Crippen LogP contribution in [0.5, 0.6) is 0 Å². The Bertz CT molecular complexity index is 272. The fourth-order valence-electron chi connectivity index (χ4n) is 3.60. The molecule has 0 aromatic carbocycles.